The highest BCUT2D eigenvalue weighted by molar-refractivity contribution is 5.82. The predicted molar refractivity (Wildman–Crippen MR) is 126 cm³/mol. The fraction of sp³-hybridized carbons (Fsp3) is 0.560. The number of ether oxygens (including phenoxy) is 6. The van der Waals surface area contributed by atoms with Gasteiger partial charge in [0.05, 0.1) is 6.61 Å². The van der Waals surface area contributed by atoms with Crippen LogP contribution < -0.4 is 5.32 Å². The lowest BCUT2D eigenvalue weighted by Crippen LogP contribution is -2.59. The van der Waals surface area contributed by atoms with Crippen LogP contribution >= 0.6 is 0 Å². The van der Waals surface area contributed by atoms with Crippen LogP contribution in [0.3, 0.4) is 0 Å². The summed E-state index contributed by atoms with van der Waals surface area (Å²) in [6.45, 7) is 8.06. The molecule has 1 aliphatic rings. The van der Waals surface area contributed by atoms with Crippen molar-refractivity contribution in [3.63, 3.8) is 0 Å². The van der Waals surface area contributed by atoms with Crippen molar-refractivity contribution in [3.8, 4) is 0 Å². The molecule has 0 radical (unpaired) electrons. The monoisotopic (exact) mass is 523 g/mol. The van der Waals surface area contributed by atoms with Gasteiger partial charge in [-0.05, 0) is 26.3 Å². The molecule has 0 aromatic heterocycles. The van der Waals surface area contributed by atoms with Gasteiger partial charge in [-0.25, -0.2) is 9.59 Å². The second-order valence-corrected chi connectivity index (χ2v) is 9.32. The quantitative estimate of drug-likeness (QED) is 0.392. The Hall–Kier alpha value is -3.67. The van der Waals surface area contributed by atoms with Gasteiger partial charge < -0.3 is 33.7 Å². The molecule has 0 aliphatic carbocycles. The highest BCUT2D eigenvalue weighted by Crippen LogP contribution is 2.26. The Labute approximate surface area is 214 Å². The third kappa shape index (κ3) is 10.1. The molecular formula is C25H33NO11. The first kappa shape index (κ1) is 29.6. The largest absolute Gasteiger partial charge is 0.456 e. The van der Waals surface area contributed by atoms with Crippen LogP contribution in [0.4, 0.5) is 4.79 Å². The van der Waals surface area contributed by atoms with Crippen molar-refractivity contribution in [2.24, 2.45) is 0 Å². The van der Waals surface area contributed by atoms with Crippen LogP contribution in [0.1, 0.15) is 47.1 Å². The molecule has 12 nitrogen and oxygen atoms in total. The summed E-state index contributed by atoms with van der Waals surface area (Å²) in [7, 11) is 0. The van der Waals surface area contributed by atoms with Gasteiger partial charge in [-0.15, -0.1) is 0 Å². The average Bonchev–Trinajstić information content (AvgIpc) is 2.75. The maximum Gasteiger partial charge on any atom is 0.408 e. The number of amides is 1. The number of rotatable bonds is 8. The smallest absolute Gasteiger partial charge is 0.408 e. The molecule has 5 atom stereocenters. The first-order chi connectivity index (χ1) is 17.2. The normalized spacial score (nSPS) is 22.1. The highest BCUT2D eigenvalue weighted by Gasteiger charge is 2.49. The highest BCUT2D eigenvalue weighted by atomic mass is 16.7. The van der Waals surface area contributed by atoms with E-state index in [1.54, 1.807) is 51.1 Å². The van der Waals surface area contributed by atoms with Gasteiger partial charge in [0.2, 0.25) is 12.4 Å². The maximum atomic E-state index is 13.2. The van der Waals surface area contributed by atoms with Gasteiger partial charge in [0.15, 0.2) is 12.2 Å². The fourth-order valence-corrected chi connectivity index (χ4v) is 3.50. The van der Waals surface area contributed by atoms with E-state index in [1.807, 2.05) is 0 Å². The number of carbonyl (C=O) groups is 5. The minimum Gasteiger partial charge on any atom is -0.456 e. The maximum absolute atomic E-state index is 13.2. The summed E-state index contributed by atoms with van der Waals surface area (Å²) < 4.78 is 32.0. The standard InChI is InChI=1S/C25H33NO11/c1-14(27)33-19-13-32-23(21(35-16(3)29)20(19)34-15(2)28)36-22(30)18(12-17-10-8-7-9-11-17)26-24(31)37-25(4,5)6/h7-11,18-21,23H,12-13H2,1-6H3,(H,26,31). The zero-order valence-electron chi connectivity index (χ0n) is 21.7. The predicted octanol–water partition coefficient (Wildman–Crippen LogP) is 1.82. The Morgan fingerprint density at radius 1 is 0.892 bits per heavy atom. The molecule has 12 heteroatoms. The number of esters is 4. The van der Waals surface area contributed by atoms with Crippen LogP contribution in [0.25, 0.3) is 0 Å². The lowest BCUT2D eigenvalue weighted by molar-refractivity contribution is -0.275. The average molecular weight is 524 g/mol. The Bertz CT molecular complexity index is 973. The summed E-state index contributed by atoms with van der Waals surface area (Å²) in [4.78, 5) is 60.8. The number of alkyl carbamates (subject to hydrolysis) is 1. The number of hydrogen-bond acceptors (Lipinski definition) is 11. The Balaban J connectivity index is 2.29. The minimum absolute atomic E-state index is 0.0489. The van der Waals surface area contributed by atoms with Crippen molar-refractivity contribution in [2.75, 3.05) is 6.61 Å². The SMILES string of the molecule is CC(=O)OC1COC(OC(=O)C(Cc2ccccc2)NC(=O)OC(C)(C)C)C(OC(C)=O)C1OC(C)=O. The molecule has 1 amide bonds. The molecule has 37 heavy (non-hydrogen) atoms. The Kier molecular flexibility index (Phi) is 10.4. The van der Waals surface area contributed by atoms with Crippen molar-refractivity contribution in [2.45, 2.75) is 84.2 Å². The molecule has 1 aliphatic heterocycles. The zero-order valence-corrected chi connectivity index (χ0v) is 21.7. The molecule has 1 aromatic carbocycles. The van der Waals surface area contributed by atoms with Crippen molar-refractivity contribution >= 4 is 30.0 Å². The van der Waals surface area contributed by atoms with E-state index in [4.69, 9.17) is 28.4 Å². The third-order valence-corrected chi connectivity index (χ3v) is 4.80. The summed E-state index contributed by atoms with van der Waals surface area (Å²) in [5.74, 6) is -3.15. The van der Waals surface area contributed by atoms with Gasteiger partial charge in [0.25, 0.3) is 0 Å². The fourth-order valence-electron chi connectivity index (χ4n) is 3.50. The topological polar surface area (TPSA) is 153 Å². The molecule has 5 unspecified atom stereocenters. The molecule has 1 aromatic rings. The molecule has 0 saturated carbocycles. The van der Waals surface area contributed by atoms with E-state index in [9.17, 15) is 24.0 Å². The van der Waals surface area contributed by atoms with E-state index in [0.717, 1.165) is 20.8 Å². The third-order valence-electron chi connectivity index (χ3n) is 4.80. The second-order valence-electron chi connectivity index (χ2n) is 9.32. The lowest BCUT2D eigenvalue weighted by atomic mass is 10.0. The summed E-state index contributed by atoms with van der Waals surface area (Å²) in [5.41, 5.74) is -0.101. The van der Waals surface area contributed by atoms with Gasteiger partial charge >= 0.3 is 30.0 Å². The van der Waals surface area contributed by atoms with Crippen molar-refractivity contribution in [1.29, 1.82) is 0 Å². The van der Waals surface area contributed by atoms with Crippen molar-refractivity contribution in [1.82, 2.24) is 5.32 Å². The second kappa shape index (κ2) is 13.0. The molecule has 1 N–H and O–H groups in total. The van der Waals surface area contributed by atoms with Gasteiger partial charge in [0.1, 0.15) is 11.6 Å². The van der Waals surface area contributed by atoms with E-state index in [0.29, 0.717) is 5.56 Å². The number of benzene rings is 1. The van der Waals surface area contributed by atoms with E-state index in [2.05, 4.69) is 5.32 Å². The number of carbonyl (C=O) groups excluding carboxylic acids is 5. The first-order valence-electron chi connectivity index (χ1n) is 11.6. The Morgan fingerprint density at radius 2 is 1.46 bits per heavy atom. The van der Waals surface area contributed by atoms with Gasteiger partial charge in [-0.3, -0.25) is 14.4 Å². The molecule has 0 bridgehead atoms. The summed E-state index contributed by atoms with van der Waals surface area (Å²) >= 11 is 0. The summed E-state index contributed by atoms with van der Waals surface area (Å²) in [6, 6.07) is 7.65. The van der Waals surface area contributed by atoms with Crippen LogP contribution in [0.2, 0.25) is 0 Å². The van der Waals surface area contributed by atoms with Gasteiger partial charge in [0, 0.05) is 27.2 Å². The van der Waals surface area contributed by atoms with Gasteiger partial charge in [-0.2, -0.15) is 0 Å². The van der Waals surface area contributed by atoms with E-state index in [1.165, 1.54) is 0 Å². The molecular weight excluding hydrogens is 490 g/mol. The Morgan fingerprint density at radius 3 is 2.00 bits per heavy atom. The summed E-state index contributed by atoms with van der Waals surface area (Å²) in [6.07, 6.45) is -6.23. The van der Waals surface area contributed by atoms with Crippen LogP contribution in [-0.4, -0.2) is 72.8 Å². The first-order valence-corrected chi connectivity index (χ1v) is 11.6. The minimum atomic E-state index is -1.54. The molecule has 1 saturated heterocycles. The van der Waals surface area contributed by atoms with Gasteiger partial charge in [-0.1, -0.05) is 30.3 Å². The summed E-state index contributed by atoms with van der Waals surface area (Å²) in [5, 5.41) is 2.49. The van der Waals surface area contributed by atoms with E-state index >= 15 is 0 Å². The molecule has 1 fully saturated rings. The van der Waals surface area contributed by atoms with Crippen LogP contribution in [0.5, 0.6) is 0 Å². The lowest BCUT2D eigenvalue weighted by Gasteiger charge is -2.40. The molecule has 204 valence electrons. The van der Waals surface area contributed by atoms with E-state index in [-0.39, 0.29) is 13.0 Å². The van der Waals surface area contributed by atoms with E-state index < -0.39 is 66.2 Å². The van der Waals surface area contributed by atoms with Crippen LogP contribution in [-0.2, 0) is 54.0 Å². The van der Waals surface area contributed by atoms with Crippen molar-refractivity contribution < 1.29 is 52.4 Å². The number of nitrogens with one attached hydrogen (secondary N) is 1. The van der Waals surface area contributed by atoms with Crippen LogP contribution in [0.15, 0.2) is 30.3 Å². The van der Waals surface area contributed by atoms with Crippen LogP contribution in [0, 0.1) is 0 Å². The molecule has 1 heterocycles. The number of hydrogen-bond donors (Lipinski definition) is 1. The zero-order chi connectivity index (χ0) is 27.8. The molecule has 2 rings (SSSR count). The van der Waals surface area contributed by atoms with Crippen molar-refractivity contribution in [3.05, 3.63) is 35.9 Å². The molecule has 0 spiro atoms.